The van der Waals surface area contributed by atoms with Crippen molar-refractivity contribution in [3.8, 4) is 0 Å². The fourth-order valence-corrected chi connectivity index (χ4v) is 3.26. The number of rotatable bonds is 10. The van der Waals surface area contributed by atoms with Crippen LogP contribution in [0.25, 0.3) is 0 Å². The summed E-state index contributed by atoms with van der Waals surface area (Å²) < 4.78 is 0. The number of aromatic amines is 1. The van der Waals surface area contributed by atoms with Gasteiger partial charge in [0.05, 0.1) is 6.04 Å². The predicted octanol–water partition coefficient (Wildman–Crippen LogP) is -0.435. The first kappa shape index (κ1) is 26.9. The van der Waals surface area contributed by atoms with Crippen LogP contribution in [0.2, 0.25) is 0 Å². The molecule has 14 nitrogen and oxygen atoms in total. The van der Waals surface area contributed by atoms with Crippen molar-refractivity contribution in [1.29, 1.82) is 0 Å². The molecule has 3 atom stereocenters. The Morgan fingerprint density at radius 3 is 2.49 bits per heavy atom. The lowest BCUT2D eigenvalue weighted by atomic mass is 10.0. The van der Waals surface area contributed by atoms with Crippen LogP contribution >= 0.6 is 12.4 Å². The second kappa shape index (κ2) is 11.7. The van der Waals surface area contributed by atoms with Gasteiger partial charge in [0.2, 0.25) is 5.95 Å². The average molecular weight is 510 g/mol. The van der Waals surface area contributed by atoms with Crippen molar-refractivity contribution in [2.75, 3.05) is 34.8 Å². The van der Waals surface area contributed by atoms with Crippen LogP contribution in [0.15, 0.2) is 29.1 Å². The number of carbonyl (C=O) groups excluding carboxylic acids is 2. The molecule has 188 valence electrons. The van der Waals surface area contributed by atoms with Crippen LogP contribution in [-0.2, 0) is 14.4 Å². The first-order chi connectivity index (χ1) is 16.2. The molecular formula is C20H24ClN7O7. The van der Waals surface area contributed by atoms with E-state index in [1.54, 1.807) is 12.1 Å². The van der Waals surface area contributed by atoms with Crippen molar-refractivity contribution in [2.24, 2.45) is 5.92 Å². The smallest absolute Gasteiger partial charge is 0.326 e. The van der Waals surface area contributed by atoms with E-state index in [0.29, 0.717) is 24.6 Å². The minimum Gasteiger partial charge on any atom is -0.481 e. The molecule has 0 fully saturated rings. The highest BCUT2D eigenvalue weighted by molar-refractivity contribution is 5.97. The Labute approximate surface area is 204 Å². The molecule has 9 N–H and O–H groups in total. The molecule has 1 aliphatic rings. The summed E-state index contributed by atoms with van der Waals surface area (Å²) in [5.74, 6) is -4.82. The molecule has 0 bridgehead atoms. The molecule has 0 radical (unpaired) electrons. The summed E-state index contributed by atoms with van der Waals surface area (Å²) in [6.07, 6.45) is -0.446. The first-order valence-electron chi connectivity index (χ1n) is 10.1. The minimum atomic E-state index is -1.55. The number of nitrogens with one attached hydrogen (secondary N) is 5. The van der Waals surface area contributed by atoms with Crippen LogP contribution < -0.4 is 32.6 Å². The highest BCUT2D eigenvalue weighted by atomic mass is 35.5. The van der Waals surface area contributed by atoms with E-state index < -0.39 is 41.8 Å². The van der Waals surface area contributed by atoms with Crippen molar-refractivity contribution in [3.05, 3.63) is 40.2 Å². The van der Waals surface area contributed by atoms with Gasteiger partial charge in [0.15, 0.2) is 5.82 Å². The Hall–Kier alpha value is -4.33. The van der Waals surface area contributed by atoms with E-state index in [1.165, 1.54) is 12.1 Å². The lowest BCUT2D eigenvalue weighted by Crippen LogP contribution is -2.43. The number of fused-ring (bicyclic) bond motifs is 1. The third-order valence-corrected chi connectivity index (χ3v) is 5.08. The van der Waals surface area contributed by atoms with Gasteiger partial charge in [-0.3, -0.25) is 19.4 Å². The molecule has 0 saturated heterocycles. The Kier molecular flexibility index (Phi) is 8.99. The Morgan fingerprint density at radius 1 is 1.20 bits per heavy atom. The van der Waals surface area contributed by atoms with Gasteiger partial charge in [0.25, 0.3) is 11.5 Å². The predicted molar refractivity (Wildman–Crippen MR) is 128 cm³/mol. The average Bonchev–Trinajstić information content (AvgIpc) is 2.80. The second-order valence-corrected chi connectivity index (χ2v) is 7.54. The SMILES string of the molecule is Cl.Nc1nc2c(c(=O)[nH]1)NC(CNc1ccc(C(=O)N[C@@H](CC(C=O)C(=O)O)C(=O)O)cc1)CN2. The van der Waals surface area contributed by atoms with Crippen LogP contribution in [0.1, 0.15) is 16.8 Å². The zero-order chi connectivity index (χ0) is 24.8. The van der Waals surface area contributed by atoms with E-state index >= 15 is 0 Å². The first-order valence-corrected chi connectivity index (χ1v) is 10.1. The van der Waals surface area contributed by atoms with E-state index in [2.05, 4.69) is 31.2 Å². The van der Waals surface area contributed by atoms with Gasteiger partial charge in [-0.15, -0.1) is 12.4 Å². The van der Waals surface area contributed by atoms with Gasteiger partial charge in [0.1, 0.15) is 23.9 Å². The number of carbonyl (C=O) groups is 4. The van der Waals surface area contributed by atoms with E-state index in [0.717, 1.165) is 0 Å². The summed E-state index contributed by atoms with van der Waals surface area (Å²) in [6.45, 7) is 0.899. The number of anilines is 4. The number of aromatic nitrogens is 2. The highest BCUT2D eigenvalue weighted by Crippen LogP contribution is 2.20. The Morgan fingerprint density at radius 2 is 1.89 bits per heavy atom. The van der Waals surface area contributed by atoms with Crippen molar-refractivity contribution in [3.63, 3.8) is 0 Å². The van der Waals surface area contributed by atoms with E-state index in [4.69, 9.17) is 10.8 Å². The molecule has 0 spiro atoms. The molecule has 15 heteroatoms. The van der Waals surface area contributed by atoms with Gasteiger partial charge < -0.3 is 42.0 Å². The lowest BCUT2D eigenvalue weighted by molar-refractivity contribution is -0.145. The van der Waals surface area contributed by atoms with Crippen LogP contribution in [0.4, 0.5) is 23.1 Å². The number of nitrogens with zero attached hydrogens (tertiary/aromatic N) is 1. The molecule has 35 heavy (non-hydrogen) atoms. The number of H-pyrrole nitrogens is 1. The fraction of sp³-hybridized carbons (Fsp3) is 0.300. The number of aliphatic carboxylic acids is 2. The summed E-state index contributed by atoms with van der Waals surface area (Å²) >= 11 is 0. The summed E-state index contributed by atoms with van der Waals surface area (Å²) in [7, 11) is 0. The molecule has 1 aromatic carbocycles. The number of hydrogen-bond donors (Lipinski definition) is 8. The van der Waals surface area contributed by atoms with Crippen molar-refractivity contribution >= 4 is 59.7 Å². The van der Waals surface area contributed by atoms with Gasteiger partial charge in [0, 0.05) is 24.3 Å². The highest BCUT2D eigenvalue weighted by Gasteiger charge is 2.28. The summed E-state index contributed by atoms with van der Waals surface area (Å²) in [6, 6.07) is 4.44. The third kappa shape index (κ3) is 6.83. The molecular weight excluding hydrogens is 486 g/mol. The maximum atomic E-state index is 12.4. The van der Waals surface area contributed by atoms with Gasteiger partial charge in [-0.05, 0) is 30.7 Å². The number of carboxylic acid groups (broad SMARTS) is 2. The summed E-state index contributed by atoms with van der Waals surface area (Å²) in [4.78, 5) is 64.0. The van der Waals surface area contributed by atoms with Crippen LogP contribution in [-0.4, -0.2) is 69.5 Å². The molecule has 2 aromatic rings. The van der Waals surface area contributed by atoms with Crippen LogP contribution in [0.5, 0.6) is 0 Å². The zero-order valence-corrected chi connectivity index (χ0v) is 18.9. The fourth-order valence-electron chi connectivity index (χ4n) is 3.26. The van der Waals surface area contributed by atoms with Crippen molar-refractivity contribution in [1.82, 2.24) is 15.3 Å². The molecule has 1 aliphatic heterocycles. The number of nitrogen functional groups attached to an aromatic ring is 1. The van der Waals surface area contributed by atoms with Gasteiger partial charge in [-0.1, -0.05) is 0 Å². The summed E-state index contributed by atoms with van der Waals surface area (Å²) in [5, 5.41) is 29.7. The number of amides is 1. The lowest BCUT2D eigenvalue weighted by Gasteiger charge is -2.27. The number of carboxylic acids is 2. The molecule has 1 aromatic heterocycles. The van der Waals surface area contributed by atoms with E-state index in [1.807, 2.05) is 0 Å². The van der Waals surface area contributed by atoms with Crippen LogP contribution in [0, 0.1) is 5.92 Å². The van der Waals surface area contributed by atoms with E-state index in [9.17, 15) is 29.1 Å². The maximum absolute atomic E-state index is 12.4. The van der Waals surface area contributed by atoms with Gasteiger partial charge in [-0.2, -0.15) is 4.98 Å². The zero-order valence-electron chi connectivity index (χ0n) is 18.1. The Balaban J connectivity index is 0.00000432. The summed E-state index contributed by atoms with van der Waals surface area (Å²) in [5.41, 5.74) is 6.23. The standard InChI is InChI=1S/C20H23N7O7.ClH/c21-20-26-15-14(17(30)27-20)24-12(7-23-15)6-22-11-3-1-9(2-4-11)16(29)25-13(19(33)34)5-10(8-28)18(31)32;/h1-4,8,10,12-13,22,24H,5-7H2,(H,25,29)(H,31,32)(H,33,34)(H4,21,23,26,27,30);1H/t10?,12?,13-;/m0./s1. The van der Waals surface area contributed by atoms with E-state index in [-0.39, 0.29) is 41.9 Å². The normalized spacial score (nSPS) is 15.6. The quantitative estimate of drug-likeness (QED) is 0.150. The van der Waals surface area contributed by atoms with Crippen molar-refractivity contribution in [2.45, 2.75) is 18.5 Å². The topological polar surface area (TPSA) is 229 Å². The largest absolute Gasteiger partial charge is 0.481 e. The van der Waals surface area contributed by atoms with Gasteiger partial charge >= 0.3 is 11.9 Å². The second-order valence-electron chi connectivity index (χ2n) is 7.54. The molecule has 3 rings (SSSR count). The number of hydrogen-bond acceptors (Lipinski definition) is 10. The molecule has 2 heterocycles. The molecule has 0 saturated carbocycles. The number of aldehydes is 1. The number of nitrogens with two attached hydrogens (primary N) is 1. The Bertz CT molecular complexity index is 1160. The van der Waals surface area contributed by atoms with Crippen molar-refractivity contribution < 1.29 is 29.4 Å². The van der Waals surface area contributed by atoms with Crippen LogP contribution in [0.3, 0.4) is 0 Å². The number of benzene rings is 1. The maximum Gasteiger partial charge on any atom is 0.326 e. The molecule has 1 amide bonds. The van der Waals surface area contributed by atoms with Gasteiger partial charge in [-0.25, -0.2) is 4.79 Å². The molecule has 2 unspecified atom stereocenters. The monoisotopic (exact) mass is 509 g/mol. The minimum absolute atomic E-state index is 0. The molecule has 0 aliphatic carbocycles. The number of halogens is 1. The third-order valence-electron chi connectivity index (χ3n) is 5.08.